The maximum absolute atomic E-state index is 9.55. The van der Waals surface area contributed by atoms with Crippen LogP contribution in [0.5, 0.6) is 11.6 Å². The van der Waals surface area contributed by atoms with E-state index in [9.17, 15) is 5.21 Å². The second-order valence-electron chi connectivity index (χ2n) is 6.71. The molecule has 1 saturated heterocycles. The van der Waals surface area contributed by atoms with Gasteiger partial charge in [-0.2, -0.15) is 0 Å². The number of nitrogens with zero attached hydrogens (tertiary/aromatic N) is 3. The topological polar surface area (TPSA) is 58.0 Å². The van der Waals surface area contributed by atoms with E-state index in [0.717, 1.165) is 50.1 Å². The molecule has 2 aromatic rings. The standard InChI is InChI=1S/C20H23N3O2/c24-22-19(23-12-3-4-13-23)18-8-5-11-21-20(18)25-17-10-9-15-6-1-2-7-16(15)14-17/h5,8-11,14,24H,1-4,6-7,12-13H2/b22-19-. The van der Waals surface area contributed by atoms with E-state index in [0.29, 0.717) is 11.7 Å². The number of aryl methyl sites for hydroxylation is 2. The molecule has 1 fully saturated rings. The maximum atomic E-state index is 9.55. The largest absolute Gasteiger partial charge is 0.438 e. The van der Waals surface area contributed by atoms with Crippen LogP contribution in [-0.2, 0) is 12.8 Å². The summed E-state index contributed by atoms with van der Waals surface area (Å²) in [5, 5.41) is 13.1. The van der Waals surface area contributed by atoms with E-state index in [1.807, 2.05) is 18.2 Å². The third kappa shape index (κ3) is 3.31. The Bertz CT molecular complexity index is 782. The van der Waals surface area contributed by atoms with Crippen molar-refractivity contribution in [1.29, 1.82) is 0 Å². The Labute approximate surface area is 147 Å². The van der Waals surface area contributed by atoms with E-state index in [1.54, 1.807) is 6.20 Å². The molecule has 0 unspecified atom stereocenters. The van der Waals surface area contributed by atoms with Crippen molar-refractivity contribution in [3.8, 4) is 11.6 Å². The fourth-order valence-electron chi connectivity index (χ4n) is 3.74. The van der Waals surface area contributed by atoms with E-state index in [4.69, 9.17) is 4.74 Å². The van der Waals surface area contributed by atoms with Crippen LogP contribution in [0.3, 0.4) is 0 Å². The molecule has 1 aromatic heterocycles. The van der Waals surface area contributed by atoms with Gasteiger partial charge < -0.3 is 14.8 Å². The second-order valence-corrected chi connectivity index (χ2v) is 6.71. The zero-order valence-corrected chi connectivity index (χ0v) is 14.3. The van der Waals surface area contributed by atoms with Crippen molar-refractivity contribution in [1.82, 2.24) is 9.88 Å². The molecule has 5 heteroatoms. The fourth-order valence-corrected chi connectivity index (χ4v) is 3.74. The van der Waals surface area contributed by atoms with Crippen LogP contribution in [0, 0.1) is 0 Å². The summed E-state index contributed by atoms with van der Waals surface area (Å²) in [4.78, 5) is 6.47. The molecule has 2 heterocycles. The Morgan fingerprint density at radius 2 is 1.84 bits per heavy atom. The second kappa shape index (κ2) is 7.13. The summed E-state index contributed by atoms with van der Waals surface area (Å²) in [7, 11) is 0. The summed E-state index contributed by atoms with van der Waals surface area (Å²) in [5.41, 5.74) is 3.52. The molecular formula is C20H23N3O2. The molecule has 130 valence electrons. The molecule has 25 heavy (non-hydrogen) atoms. The highest BCUT2D eigenvalue weighted by Crippen LogP contribution is 2.30. The van der Waals surface area contributed by atoms with Gasteiger partial charge in [-0.15, -0.1) is 0 Å². The highest BCUT2D eigenvalue weighted by atomic mass is 16.5. The first-order chi connectivity index (χ1) is 12.3. The number of benzene rings is 1. The SMILES string of the molecule is O/N=C(/c1cccnc1Oc1ccc2c(c1)CCCC2)N1CCCC1. The van der Waals surface area contributed by atoms with Gasteiger partial charge >= 0.3 is 0 Å². The minimum Gasteiger partial charge on any atom is -0.438 e. The van der Waals surface area contributed by atoms with Crippen molar-refractivity contribution in [2.75, 3.05) is 13.1 Å². The first-order valence-corrected chi connectivity index (χ1v) is 9.07. The van der Waals surface area contributed by atoms with Gasteiger partial charge in [0.15, 0.2) is 5.84 Å². The van der Waals surface area contributed by atoms with Crippen molar-refractivity contribution < 1.29 is 9.94 Å². The molecule has 2 aliphatic rings. The molecule has 0 bridgehead atoms. The highest BCUT2D eigenvalue weighted by Gasteiger charge is 2.22. The molecule has 0 saturated carbocycles. The quantitative estimate of drug-likeness (QED) is 0.398. The number of amidine groups is 1. The lowest BCUT2D eigenvalue weighted by molar-refractivity contribution is 0.306. The van der Waals surface area contributed by atoms with Crippen molar-refractivity contribution >= 4 is 5.84 Å². The first kappa shape index (κ1) is 15.9. The van der Waals surface area contributed by atoms with Crippen LogP contribution < -0.4 is 4.74 Å². The van der Waals surface area contributed by atoms with E-state index in [1.165, 1.54) is 24.0 Å². The molecule has 4 rings (SSSR count). The molecule has 1 aliphatic heterocycles. The lowest BCUT2D eigenvalue weighted by Gasteiger charge is -2.20. The zero-order chi connectivity index (χ0) is 17.1. The Morgan fingerprint density at radius 1 is 1.04 bits per heavy atom. The number of fused-ring (bicyclic) bond motifs is 1. The number of rotatable bonds is 3. The average molecular weight is 337 g/mol. The number of hydrogen-bond donors (Lipinski definition) is 1. The van der Waals surface area contributed by atoms with Gasteiger partial charge in [-0.3, -0.25) is 0 Å². The predicted octanol–water partition coefficient (Wildman–Crippen LogP) is 3.98. The van der Waals surface area contributed by atoms with Crippen LogP contribution in [0.25, 0.3) is 0 Å². The lowest BCUT2D eigenvalue weighted by atomic mass is 9.92. The van der Waals surface area contributed by atoms with Gasteiger partial charge in [0.25, 0.3) is 0 Å². The minimum atomic E-state index is 0.484. The number of likely N-dealkylation sites (tertiary alicyclic amines) is 1. The number of aromatic nitrogens is 1. The Kier molecular flexibility index (Phi) is 4.55. The van der Waals surface area contributed by atoms with E-state index >= 15 is 0 Å². The van der Waals surface area contributed by atoms with Crippen LogP contribution in [0.15, 0.2) is 41.7 Å². The van der Waals surface area contributed by atoms with E-state index in [2.05, 4.69) is 27.2 Å². The third-order valence-corrected chi connectivity index (χ3v) is 5.05. The Hall–Kier alpha value is -2.56. The van der Waals surface area contributed by atoms with Gasteiger partial charge in [-0.1, -0.05) is 11.2 Å². The molecule has 5 nitrogen and oxygen atoms in total. The number of oxime groups is 1. The number of ether oxygens (including phenoxy) is 1. The summed E-state index contributed by atoms with van der Waals surface area (Å²) in [6.07, 6.45) is 8.70. The fraction of sp³-hybridized carbons (Fsp3) is 0.400. The molecule has 0 atom stereocenters. The van der Waals surface area contributed by atoms with Crippen molar-refractivity contribution in [3.63, 3.8) is 0 Å². The zero-order valence-electron chi connectivity index (χ0n) is 14.3. The number of hydrogen-bond acceptors (Lipinski definition) is 4. The maximum Gasteiger partial charge on any atom is 0.230 e. The molecule has 0 radical (unpaired) electrons. The average Bonchev–Trinajstić information content (AvgIpc) is 3.18. The van der Waals surface area contributed by atoms with Gasteiger partial charge in [-0.25, -0.2) is 4.98 Å². The van der Waals surface area contributed by atoms with Crippen LogP contribution in [-0.4, -0.2) is 34.0 Å². The Morgan fingerprint density at radius 3 is 2.64 bits per heavy atom. The van der Waals surface area contributed by atoms with Crippen molar-refractivity contribution in [2.45, 2.75) is 38.5 Å². The van der Waals surface area contributed by atoms with Crippen LogP contribution in [0.1, 0.15) is 42.4 Å². The van der Waals surface area contributed by atoms with Crippen molar-refractivity contribution in [3.05, 3.63) is 53.2 Å². The smallest absolute Gasteiger partial charge is 0.230 e. The lowest BCUT2D eigenvalue weighted by Crippen LogP contribution is -2.29. The number of pyridine rings is 1. The molecule has 1 N–H and O–H groups in total. The monoisotopic (exact) mass is 337 g/mol. The van der Waals surface area contributed by atoms with Crippen LogP contribution in [0.2, 0.25) is 0 Å². The normalized spacial score (nSPS) is 17.4. The van der Waals surface area contributed by atoms with Gasteiger partial charge in [-0.05, 0) is 73.9 Å². The summed E-state index contributed by atoms with van der Waals surface area (Å²) < 4.78 is 6.09. The van der Waals surface area contributed by atoms with E-state index < -0.39 is 0 Å². The summed E-state index contributed by atoms with van der Waals surface area (Å²) in [5.74, 6) is 1.82. The Balaban J connectivity index is 1.63. The summed E-state index contributed by atoms with van der Waals surface area (Å²) >= 11 is 0. The minimum absolute atomic E-state index is 0.484. The highest BCUT2D eigenvalue weighted by molar-refractivity contribution is 6.00. The predicted molar refractivity (Wildman–Crippen MR) is 96.5 cm³/mol. The van der Waals surface area contributed by atoms with Gasteiger partial charge in [0.1, 0.15) is 5.75 Å². The van der Waals surface area contributed by atoms with Crippen molar-refractivity contribution in [2.24, 2.45) is 5.16 Å². The molecule has 1 aliphatic carbocycles. The molecule has 0 amide bonds. The van der Waals surface area contributed by atoms with Crippen LogP contribution in [0.4, 0.5) is 0 Å². The van der Waals surface area contributed by atoms with Crippen LogP contribution >= 0.6 is 0 Å². The molecular weight excluding hydrogens is 314 g/mol. The molecule has 1 aromatic carbocycles. The molecule has 0 spiro atoms. The first-order valence-electron chi connectivity index (χ1n) is 9.07. The van der Waals surface area contributed by atoms with Gasteiger partial charge in [0, 0.05) is 19.3 Å². The third-order valence-electron chi connectivity index (χ3n) is 5.05. The van der Waals surface area contributed by atoms with E-state index in [-0.39, 0.29) is 0 Å². The van der Waals surface area contributed by atoms with Gasteiger partial charge in [0.05, 0.1) is 5.56 Å². The van der Waals surface area contributed by atoms with Gasteiger partial charge in [0.2, 0.25) is 5.88 Å². The summed E-state index contributed by atoms with van der Waals surface area (Å²) in [6, 6.07) is 10.0. The summed E-state index contributed by atoms with van der Waals surface area (Å²) in [6.45, 7) is 1.79.